The van der Waals surface area contributed by atoms with Crippen LogP contribution in [0.3, 0.4) is 0 Å². The molecule has 3 nitrogen and oxygen atoms in total. The molecule has 0 fully saturated rings. The molecule has 19 heavy (non-hydrogen) atoms. The molecule has 1 heterocycles. The van der Waals surface area contributed by atoms with Crippen LogP contribution in [0.4, 0.5) is 5.69 Å². The second-order valence-electron chi connectivity index (χ2n) is 4.90. The normalized spacial score (nSPS) is 10.7. The molecule has 3 heteroatoms. The lowest BCUT2D eigenvalue weighted by Gasteiger charge is -2.18. The molecule has 0 aliphatic carbocycles. The Balaban J connectivity index is 1.98. The van der Waals surface area contributed by atoms with E-state index in [0.29, 0.717) is 0 Å². The zero-order valence-corrected chi connectivity index (χ0v) is 11.9. The maximum absolute atomic E-state index is 5.60. The van der Waals surface area contributed by atoms with Crippen LogP contribution in [-0.2, 0) is 13.1 Å². The standard InChI is InChI=1S/C16H22N2O/c1-4-17-10-14-9-16(19-12-14)11-18(3)15-7-5-6-13(2)8-15/h5-9,12,17H,4,10-11H2,1-3H3. The Morgan fingerprint density at radius 3 is 2.84 bits per heavy atom. The lowest BCUT2D eigenvalue weighted by molar-refractivity contribution is 0.504. The Labute approximate surface area is 115 Å². The van der Waals surface area contributed by atoms with Gasteiger partial charge >= 0.3 is 0 Å². The molecule has 0 aliphatic heterocycles. The van der Waals surface area contributed by atoms with Gasteiger partial charge in [0.2, 0.25) is 0 Å². The van der Waals surface area contributed by atoms with E-state index < -0.39 is 0 Å². The summed E-state index contributed by atoms with van der Waals surface area (Å²) in [6, 6.07) is 10.6. The Bertz CT molecular complexity index is 519. The van der Waals surface area contributed by atoms with E-state index in [1.54, 1.807) is 0 Å². The minimum atomic E-state index is 0.787. The first-order valence-electron chi connectivity index (χ1n) is 6.74. The summed E-state index contributed by atoms with van der Waals surface area (Å²) in [6.07, 6.45) is 1.84. The topological polar surface area (TPSA) is 28.4 Å². The number of nitrogens with one attached hydrogen (secondary N) is 1. The van der Waals surface area contributed by atoms with Crippen molar-refractivity contribution in [3.05, 3.63) is 53.5 Å². The van der Waals surface area contributed by atoms with Crippen molar-refractivity contribution in [3.63, 3.8) is 0 Å². The number of hydrogen-bond donors (Lipinski definition) is 1. The molecule has 2 aromatic rings. The number of hydrogen-bond acceptors (Lipinski definition) is 3. The van der Waals surface area contributed by atoms with Gasteiger partial charge in [-0.15, -0.1) is 0 Å². The number of benzene rings is 1. The van der Waals surface area contributed by atoms with Crippen LogP contribution >= 0.6 is 0 Å². The number of rotatable bonds is 6. The van der Waals surface area contributed by atoms with E-state index in [0.717, 1.165) is 25.4 Å². The summed E-state index contributed by atoms with van der Waals surface area (Å²) in [5.41, 5.74) is 3.69. The molecule has 0 saturated heterocycles. The lowest BCUT2D eigenvalue weighted by Crippen LogP contribution is -2.16. The first-order chi connectivity index (χ1) is 9.19. The van der Waals surface area contributed by atoms with Gasteiger partial charge in [-0.05, 0) is 37.2 Å². The van der Waals surface area contributed by atoms with Crippen LogP contribution in [-0.4, -0.2) is 13.6 Å². The number of anilines is 1. The van der Waals surface area contributed by atoms with E-state index >= 15 is 0 Å². The molecule has 0 saturated carbocycles. The highest BCUT2D eigenvalue weighted by molar-refractivity contribution is 5.47. The molecule has 0 atom stereocenters. The first-order valence-corrected chi connectivity index (χ1v) is 6.74. The van der Waals surface area contributed by atoms with Gasteiger partial charge in [0, 0.05) is 24.8 Å². The Morgan fingerprint density at radius 1 is 1.26 bits per heavy atom. The fraction of sp³-hybridized carbons (Fsp3) is 0.375. The zero-order valence-electron chi connectivity index (χ0n) is 11.9. The van der Waals surface area contributed by atoms with E-state index in [1.807, 2.05) is 6.26 Å². The molecular weight excluding hydrogens is 236 g/mol. The summed E-state index contributed by atoms with van der Waals surface area (Å²) in [4.78, 5) is 2.20. The van der Waals surface area contributed by atoms with Crippen LogP contribution in [0.5, 0.6) is 0 Å². The summed E-state index contributed by atoms with van der Waals surface area (Å²) >= 11 is 0. The molecule has 1 N–H and O–H groups in total. The highest BCUT2D eigenvalue weighted by Crippen LogP contribution is 2.18. The van der Waals surface area contributed by atoms with Gasteiger partial charge in [0.1, 0.15) is 5.76 Å². The van der Waals surface area contributed by atoms with E-state index in [2.05, 4.69) is 61.4 Å². The summed E-state index contributed by atoms with van der Waals surface area (Å²) in [5, 5.41) is 3.30. The number of aryl methyl sites for hydroxylation is 1. The monoisotopic (exact) mass is 258 g/mol. The minimum Gasteiger partial charge on any atom is -0.467 e. The van der Waals surface area contributed by atoms with Crippen molar-refractivity contribution in [2.24, 2.45) is 0 Å². The molecule has 1 aromatic heterocycles. The Morgan fingerprint density at radius 2 is 2.11 bits per heavy atom. The smallest absolute Gasteiger partial charge is 0.123 e. The van der Waals surface area contributed by atoms with Crippen molar-refractivity contribution in [2.45, 2.75) is 26.9 Å². The molecular formula is C16H22N2O. The van der Waals surface area contributed by atoms with Gasteiger partial charge in [0.05, 0.1) is 12.8 Å². The third-order valence-corrected chi connectivity index (χ3v) is 3.12. The van der Waals surface area contributed by atoms with Gasteiger partial charge in [0.15, 0.2) is 0 Å². The largest absolute Gasteiger partial charge is 0.467 e. The summed E-state index contributed by atoms with van der Waals surface area (Å²) < 4.78 is 5.60. The van der Waals surface area contributed by atoms with Crippen molar-refractivity contribution < 1.29 is 4.42 Å². The molecule has 0 amide bonds. The quantitative estimate of drug-likeness (QED) is 0.861. The maximum atomic E-state index is 5.60. The fourth-order valence-electron chi connectivity index (χ4n) is 2.06. The van der Waals surface area contributed by atoms with Gasteiger partial charge in [0.25, 0.3) is 0 Å². The first kappa shape index (κ1) is 13.7. The molecule has 1 aromatic carbocycles. The van der Waals surface area contributed by atoms with Crippen molar-refractivity contribution in [2.75, 3.05) is 18.5 Å². The van der Waals surface area contributed by atoms with E-state index in [9.17, 15) is 0 Å². The number of furan rings is 1. The minimum absolute atomic E-state index is 0.787. The molecule has 0 bridgehead atoms. The molecule has 0 unspecified atom stereocenters. The summed E-state index contributed by atoms with van der Waals surface area (Å²) in [6.45, 7) is 6.85. The molecule has 0 spiro atoms. The van der Waals surface area contributed by atoms with Gasteiger partial charge in [-0.3, -0.25) is 0 Å². The average Bonchev–Trinajstić information content (AvgIpc) is 2.84. The van der Waals surface area contributed by atoms with Crippen LogP contribution in [0.2, 0.25) is 0 Å². The van der Waals surface area contributed by atoms with Crippen LogP contribution in [0.1, 0.15) is 23.8 Å². The third-order valence-electron chi connectivity index (χ3n) is 3.12. The Kier molecular flexibility index (Phi) is 4.63. The van der Waals surface area contributed by atoms with E-state index in [-0.39, 0.29) is 0 Å². The van der Waals surface area contributed by atoms with Gasteiger partial charge in [-0.1, -0.05) is 19.1 Å². The van der Waals surface area contributed by atoms with Gasteiger partial charge < -0.3 is 14.6 Å². The van der Waals surface area contributed by atoms with Crippen molar-refractivity contribution in [1.29, 1.82) is 0 Å². The average molecular weight is 258 g/mol. The van der Waals surface area contributed by atoms with Crippen molar-refractivity contribution in [1.82, 2.24) is 5.32 Å². The van der Waals surface area contributed by atoms with Crippen LogP contribution < -0.4 is 10.2 Å². The highest BCUT2D eigenvalue weighted by Gasteiger charge is 2.06. The zero-order chi connectivity index (χ0) is 13.7. The second kappa shape index (κ2) is 6.43. The second-order valence-corrected chi connectivity index (χ2v) is 4.90. The van der Waals surface area contributed by atoms with Gasteiger partial charge in [-0.25, -0.2) is 0 Å². The SMILES string of the molecule is CCNCc1coc(CN(C)c2cccc(C)c2)c1. The summed E-state index contributed by atoms with van der Waals surface area (Å²) in [7, 11) is 2.08. The Hall–Kier alpha value is -1.74. The maximum Gasteiger partial charge on any atom is 0.123 e. The van der Waals surface area contributed by atoms with E-state index in [1.165, 1.54) is 16.8 Å². The fourth-order valence-corrected chi connectivity index (χ4v) is 2.06. The van der Waals surface area contributed by atoms with Gasteiger partial charge in [-0.2, -0.15) is 0 Å². The molecule has 0 aliphatic rings. The molecule has 102 valence electrons. The van der Waals surface area contributed by atoms with Crippen LogP contribution in [0, 0.1) is 6.92 Å². The van der Waals surface area contributed by atoms with Crippen molar-refractivity contribution in [3.8, 4) is 0 Å². The highest BCUT2D eigenvalue weighted by atomic mass is 16.3. The predicted molar refractivity (Wildman–Crippen MR) is 79.4 cm³/mol. The van der Waals surface area contributed by atoms with E-state index in [4.69, 9.17) is 4.42 Å². The lowest BCUT2D eigenvalue weighted by atomic mass is 10.2. The predicted octanol–water partition coefficient (Wildman–Crippen LogP) is 3.33. The number of nitrogens with zero attached hydrogens (tertiary/aromatic N) is 1. The van der Waals surface area contributed by atoms with Crippen LogP contribution in [0.25, 0.3) is 0 Å². The molecule has 0 radical (unpaired) electrons. The summed E-state index contributed by atoms with van der Waals surface area (Å²) in [5.74, 6) is 0.997. The van der Waals surface area contributed by atoms with Crippen molar-refractivity contribution >= 4 is 5.69 Å². The molecule has 2 rings (SSSR count). The third kappa shape index (κ3) is 3.86. The van der Waals surface area contributed by atoms with Crippen LogP contribution in [0.15, 0.2) is 41.0 Å².